The van der Waals surface area contributed by atoms with Crippen molar-refractivity contribution in [3.63, 3.8) is 0 Å². The molecule has 4 N–H and O–H groups in total. The standard InChI is InChI=1S/C44H82N2O6/c1-3-5-7-9-17-23-29-39(31-25-19-13-11-15-21-27-37-45-41(47)33-35-43(49)50)40(30-24-18-10-8-6-4-2)32-26-20-14-12-16-22-28-38-46-42(48)34-36-44(51)52/h25,31,39-40H,3-24,26-30,32-38H2,1-2H3,(H,45,47)(H,46,48)(H,49,50)(H,51,52)/b31-25+. The van der Waals surface area contributed by atoms with E-state index in [9.17, 15) is 19.2 Å². The van der Waals surface area contributed by atoms with Crippen molar-refractivity contribution in [2.45, 2.75) is 219 Å². The molecule has 0 aliphatic heterocycles. The summed E-state index contributed by atoms with van der Waals surface area (Å²) in [5.41, 5.74) is 0. The zero-order valence-corrected chi connectivity index (χ0v) is 33.9. The van der Waals surface area contributed by atoms with Gasteiger partial charge < -0.3 is 20.8 Å². The third-order valence-corrected chi connectivity index (χ3v) is 10.4. The number of carbonyl (C=O) groups excluding carboxylic acids is 2. The molecule has 0 saturated heterocycles. The molecule has 0 fully saturated rings. The van der Waals surface area contributed by atoms with E-state index >= 15 is 0 Å². The van der Waals surface area contributed by atoms with E-state index < -0.39 is 11.9 Å². The molecule has 0 aromatic carbocycles. The number of aliphatic carboxylic acids is 2. The first-order valence-corrected chi connectivity index (χ1v) is 21.9. The van der Waals surface area contributed by atoms with Gasteiger partial charge in [-0.15, -0.1) is 0 Å². The van der Waals surface area contributed by atoms with Crippen LogP contribution in [-0.2, 0) is 19.2 Å². The minimum Gasteiger partial charge on any atom is -0.481 e. The van der Waals surface area contributed by atoms with Crippen molar-refractivity contribution in [3.05, 3.63) is 12.2 Å². The summed E-state index contributed by atoms with van der Waals surface area (Å²) in [5, 5.41) is 23.1. The van der Waals surface area contributed by atoms with E-state index in [0.29, 0.717) is 19.0 Å². The SMILES string of the molecule is CCCCCCCCC(/C=C/CCCCCCCNC(=O)CCC(=O)O)C(CCCCCCCC)CCCCCCCCCNC(=O)CCC(=O)O. The largest absolute Gasteiger partial charge is 0.481 e. The van der Waals surface area contributed by atoms with Crippen LogP contribution in [-0.4, -0.2) is 47.1 Å². The number of unbranched alkanes of at least 4 members (excludes halogenated alkanes) is 21. The van der Waals surface area contributed by atoms with Gasteiger partial charge in [0.25, 0.3) is 0 Å². The molecule has 0 aromatic heterocycles. The maximum Gasteiger partial charge on any atom is 0.303 e. The second-order valence-corrected chi connectivity index (χ2v) is 15.3. The molecule has 2 amide bonds. The van der Waals surface area contributed by atoms with E-state index in [1.54, 1.807) is 0 Å². The quantitative estimate of drug-likeness (QED) is 0.0366. The number of carboxylic acid groups (broad SMARTS) is 2. The van der Waals surface area contributed by atoms with Crippen molar-refractivity contribution in [3.8, 4) is 0 Å². The van der Waals surface area contributed by atoms with Gasteiger partial charge in [0.05, 0.1) is 12.8 Å². The number of rotatable bonds is 40. The van der Waals surface area contributed by atoms with Crippen molar-refractivity contribution >= 4 is 23.8 Å². The molecule has 2 unspecified atom stereocenters. The van der Waals surface area contributed by atoms with Gasteiger partial charge in [-0.2, -0.15) is 0 Å². The average molecular weight is 735 g/mol. The Kier molecular flexibility index (Phi) is 36.6. The molecule has 0 spiro atoms. The summed E-state index contributed by atoms with van der Waals surface area (Å²) in [6.07, 6.45) is 40.5. The van der Waals surface area contributed by atoms with E-state index in [1.807, 2.05) is 0 Å². The summed E-state index contributed by atoms with van der Waals surface area (Å²) in [5.74, 6) is -0.704. The van der Waals surface area contributed by atoms with Crippen molar-refractivity contribution in [1.29, 1.82) is 0 Å². The highest BCUT2D eigenvalue weighted by atomic mass is 16.4. The van der Waals surface area contributed by atoms with Crippen LogP contribution in [0.15, 0.2) is 12.2 Å². The lowest BCUT2D eigenvalue weighted by atomic mass is 9.80. The third-order valence-electron chi connectivity index (χ3n) is 10.4. The zero-order valence-electron chi connectivity index (χ0n) is 33.9. The van der Waals surface area contributed by atoms with Gasteiger partial charge in [0, 0.05) is 25.9 Å². The lowest BCUT2D eigenvalue weighted by Crippen LogP contribution is -2.24. The first-order valence-electron chi connectivity index (χ1n) is 21.9. The van der Waals surface area contributed by atoms with E-state index in [-0.39, 0.29) is 37.5 Å². The van der Waals surface area contributed by atoms with Gasteiger partial charge in [-0.1, -0.05) is 161 Å². The van der Waals surface area contributed by atoms with Crippen LogP contribution in [0.4, 0.5) is 0 Å². The molecule has 8 heteroatoms. The fourth-order valence-electron chi connectivity index (χ4n) is 7.09. The lowest BCUT2D eigenvalue weighted by Gasteiger charge is -2.26. The van der Waals surface area contributed by atoms with Gasteiger partial charge in [0.15, 0.2) is 0 Å². The normalized spacial score (nSPS) is 12.6. The van der Waals surface area contributed by atoms with Crippen LogP contribution >= 0.6 is 0 Å². The second kappa shape index (κ2) is 38.3. The van der Waals surface area contributed by atoms with E-state index in [1.165, 1.54) is 148 Å². The number of amides is 2. The van der Waals surface area contributed by atoms with E-state index in [0.717, 1.165) is 38.0 Å². The van der Waals surface area contributed by atoms with Gasteiger partial charge in [-0.3, -0.25) is 19.2 Å². The number of nitrogens with one attached hydrogen (secondary N) is 2. The lowest BCUT2D eigenvalue weighted by molar-refractivity contribution is -0.139. The Hall–Kier alpha value is -2.38. The summed E-state index contributed by atoms with van der Waals surface area (Å²) in [4.78, 5) is 44.6. The van der Waals surface area contributed by atoms with Gasteiger partial charge in [0.2, 0.25) is 11.8 Å². The molecular weight excluding hydrogens is 652 g/mol. The number of hydrogen-bond donors (Lipinski definition) is 4. The highest BCUT2D eigenvalue weighted by molar-refractivity contribution is 5.81. The van der Waals surface area contributed by atoms with Crippen LogP contribution in [0.3, 0.4) is 0 Å². The maximum absolute atomic E-state index is 11.7. The smallest absolute Gasteiger partial charge is 0.303 e. The molecule has 0 heterocycles. The molecule has 0 bridgehead atoms. The first kappa shape index (κ1) is 49.6. The minimum absolute atomic E-state index is 0.0624. The van der Waals surface area contributed by atoms with E-state index in [4.69, 9.17) is 10.2 Å². The summed E-state index contributed by atoms with van der Waals surface area (Å²) in [6.45, 7) is 5.86. The fourth-order valence-corrected chi connectivity index (χ4v) is 7.09. The molecule has 2 atom stereocenters. The molecular formula is C44H82N2O6. The molecule has 0 rings (SSSR count). The fraction of sp³-hybridized carbons (Fsp3) is 0.864. The third kappa shape index (κ3) is 36.0. The Morgan fingerprint density at radius 1 is 0.462 bits per heavy atom. The topological polar surface area (TPSA) is 133 Å². The van der Waals surface area contributed by atoms with Crippen molar-refractivity contribution in [2.24, 2.45) is 11.8 Å². The Balaban J connectivity index is 4.75. The van der Waals surface area contributed by atoms with Crippen LogP contribution in [0.1, 0.15) is 219 Å². The summed E-state index contributed by atoms with van der Waals surface area (Å²) < 4.78 is 0. The average Bonchev–Trinajstić information content (AvgIpc) is 3.12. The van der Waals surface area contributed by atoms with Crippen LogP contribution < -0.4 is 10.6 Å². The van der Waals surface area contributed by atoms with Gasteiger partial charge in [-0.25, -0.2) is 0 Å². The van der Waals surface area contributed by atoms with Crippen molar-refractivity contribution in [2.75, 3.05) is 13.1 Å². The predicted octanol–water partition coefficient (Wildman–Crippen LogP) is 11.7. The van der Waals surface area contributed by atoms with Crippen LogP contribution in [0, 0.1) is 11.8 Å². The molecule has 8 nitrogen and oxygen atoms in total. The highest BCUT2D eigenvalue weighted by Crippen LogP contribution is 2.31. The Bertz CT molecular complexity index is 892. The number of carboxylic acids is 2. The first-order chi connectivity index (χ1) is 25.3. The van der Waals surface area contributed by atoms with Crippen molar-refractivity contribution in [1.82, 2.24) is 10.6 Å². The molecule has 0 saturated carbocycles. The van der Waals surface area contributed by atoms with Crippen LogP contribution in [0.25, 0.3) is 0 Å². The minimum atomic E-state index is -0.929. The molecule has 0 aliphatic carbocycles. The van der Waals surface area contributed by atoms with Crippen LogP contribution in [0.2, 0.25) is 0 Å². The Morgan fingerprint density at radius 3 is 1.25 bits per heavy atom. The monoisotopic (exact) mass is 735 g/mol. The predicted molar refractivity (Wildman–Crippen MR) is 217 cm³/mol. The molecule has 0 aliphatic rings. The van der Waals surface area contributed by atoms with Gasteiger partial charge in [0.1, 0.15) is 0 Å². The van der Waals surface area contributed by atoms with E-state index in [2.05, 4.69) is 36.6 Å². The maximum atomic E-state index is 11.7. The highest BCUT2D eigenvalue weighted by Gasteiger charge is 2.19. The molecule has 52 heavy (non-hydrogen) atoms. The number of carbonyl (C=O) groups is 4. The van der Waals surface area contributed by atoms with Gasteiger partial charge >= 0.3 is 11.9 Å². The Labute approximate surface area is 319 Å². The zero-order chi connectivity index (χ0) is 38.3. The number of allylic oxidation sites excluding steroid dienone is 2. The summed E-state index contributed by atoms with van der Waals surface area (Å²) >= 11 is 0. The summed E-state index contributed by atoms with van der Waals surface area (Å²) in [7, 11) is 0. The molecule has 304 valence electrons. The summed E-state index contributed by atoms with van der Waals surface area (Å²) in [6, 6.07) is 0. The van der Waals surface area contributed by atoms with Crippen molar-refractivity contribution < 1.29 is 29.4 Å². The molecule has 0 radical (unpaired) electrons. The van der Waals surface area contributed by atoms with Gasteiger partial charge in [-0.05, 0) is 56.8 Å². The second-order valence-electron chi connectivity index (χ2n) is 15.3. The van der Waals surface area contributed by atoms with Crippen LogP contribution in [0.5, 0.6) is 0 Å². The molecule has 0 aromatic rings. The Morgan fingerprint density at radius 2 is 0.827 bits per heavy atom. The number of hydrogen-bond acceptors (Lipinski definition) is 4.